The minimum atomic E-state index is -2.19. The summed E-state index contributed by atoms with van der Waals surface area (Å²) in [5.74, 6) is -3.17. The lowest BCUT2D eigenvalue weighted by Crippen LogP contribution is -2.54. The number of nitrogens with one attached hydrogen (secondary N) is 1. The zero-order valence-corrected chi connectivity index (χ0v) is 12.4. The SMILES string of the molecule is [N-]=[N+]=NC1(C(=O)O)N=C(c2ccccc2)N=C(c2ccccc2)N1. The van der Waals surface area contributed by atoms with Crippen LogP contribution < -0.4 is 5.32 Å². The van der Waals surface area contributed by atoms with E-state index >= 15 is 0 Å². The first kappa shape index (κ1) is 15.3. The molecule has 2 aromatic carbocycles. The van der Waals surface area contributed by atoms with Crippen LogP contribution in [0.4, 0.5) is 0 Å². The zero-order chi connectivity index (χ0) is 17.0. The molecule has 0 aliphatic carbocycles. The molecule has 1 unspecified atom stereocenters. The summed E-state index contributed by atoms with van der Waals surface area (Å²) in [7, 11) is 0. The maximum Gasteiger partial charge on any atom is 0.358 e. The zero-order valence-electron chi connectivity index (χ0n) is 12.4. The van der Waals surface area contributed by atoms with Gasteiger partial charge in [0, 0.05) is 16.0 Å². The van der Waals surface area contributed by atoms with Crippen molar-refractivity contribution in [3.8, 4) is 0 Å². The molecule has 0 bridgehead atoms. The van der Waals surface area contributed by atoms with E-state index in [9.17, 15) is 9.90 Å². The maximum atomic E-state index is 11.7. The van der Waals surface area contributed by atoms with Crippen LogP contribution in [-0.4, -0.2) is 28.5 Å². The second-order valence-corrected chi connectivity index (χ2v) is 4.92. The Kier molecular flexibility index (Phi) is 3.96. The average Bonchev–Trinajstić information content (AvgIpc) is 2.63. The first-order chi connectivity index (χ1) is 11.6. The molecule has 0 amide bonds. The van der Waals surface area contributed by atoms with Crippen molar-refractivity contribution < 1.29 is 9.90 Å². The van der Waals surface area contributed by atoms with Gasteiger partial charge in [-0.15, -0.1) is 0 Å². The summed E-state index contributed by atoms with van der Waals surface area (Å²) < 4.78 is 0. The number of carboxylic acid groups (broad SMARTS) is 1. The number of rotatable bonds is 4. The smallest absolute Gasteiger partial charge is 0.358 e. The number of carboxylic acids is 1. The Morgan fingerprint density at radius 3 is 2.21 bits per heavy atom. The lowest BCUT2D eigenvalue weighted by atomic mass is 10.1. The number of hydrogen-bond acceptors (Lipinski definition) is 5. The molecular formula is C16H12N6O2. The van der Waals surface area contributed by atoms with Gasteiger partial charge in [0.1, 0.15) is 5.84 Å². The van der Waals surface area contributed by atoms with Gasteiger partial charge in [-0.05, 0) is 10.6 Å². The average molecular weight is 320 g/mol. The van der Waals surface area contributed by atoms with Crippen molar-refractivity contribution >= 4 is 17.6 Å². The number of carbonyl (C=O) groups is 1. The molecule has 118 valence electrons. The number of aliphatic carboxylic acids is 1. The van der Waals surface area contributed by atoms with E-state index in [0.717, 1.165) is 0 Å². The van der Waals surface area contributed by atoms with Gasteiger partial charge in [0.25, 0.3) is 0 Å². The molecule has 0 aromatic heterocycles. The highest BCUT2D eigenvalue weighted by Crippen LogP contribution is 2.20. The summed E-state index contributed by atoms with van der Waals surface area (Å²) in [5.41, 5.74) is 10.1. The van der Waals surface area contributed by atoms with Crippen LogP contribution in [0, 0.1) is 0 Å². The Hall–Kier alpha value is -3.64. The predicted octanol–water partition coefficient (Wildman–Crippen LogP) is 2.53. The van der Waals surface area contributed by atoms with Gasteiger partial charge < -0.3 is 10.4 Å². The molecule has 3 rings (SSSR count). The lowest BCUT2D eigenvalue weighted by molar-refractivity contribution is -0.143. The number of hydrogen-bond donors (Lipinski definition) is 2. The molecule has 2 aromatic rings. The van der Waals surface area contributed by atoms with E-state index in [4.69, 9.17) is 5.53 Å². The Bertz CT molecular complexity index is 868. The molecule has 0 spiro atoms. The topological polar surface area (TPSA) is 123 Å². The second kappa shape index (κ2) is 6.23. The van der Waals surface area contributed by atoms with Gasteiger partial charge in [-0.25, -0.2) is 14.8 Å². The molecule has 0 saturated heterocycles. The minimum Gasteiger partial charge on any atom is -0.478 e. The van der Waals surface area contributed by atoms with E-state index < -0.39 is 11.8 Å². The summed E-state index contributed by atoms with van der Waals surface area (Å²) >= 11 is 0. The molecule has 0 fully saturated rings. The molecule has 8 nitrogen and oxygen atoms in total. The molecule has 2 N–H and O–H groups in total. The van der Waals surface area contributed by atoms with Gasteiger partial charge >= 0.3 is 11.8 Å². The number of nitrogens with zero attached hydrogens (tertiary/aromatic N) is 5. The Labute approximate surface area is 136 Å². The van der Waals surface area contributed by atoms with Crippen molar-refractivity contribution in [2.75, 3.05) is 0 Å². The van der Waals surface area contributed by atoms with Crippen molar-refractivity contribution in [3.63, 3.8) is 0 Å². The molecule has 24 heavy (non-hydrogen) atoms. The number of azide groups is 1. The third-order valence-electron chi connectivity index (χ3n) is 3.34. The molecule has 0 saturated carbocycles. The van der Waals surface area contributed by atoms with Crippen molar-refractivity contribution in [1.82, 2.24) is 5.32 Å². The van der Waals surface area contributed by atoms with Gasteiger partial charge in [-0.2, -0.15) is 0 Å². The lowest BCUT2D eigenvalue weighted by Gasteiger charge is -2.27. The number of amidine groups is 2. The maximum absolute atomic E-state index is 11.7. The summed E-state index contributed by atoms with van der Waals surface area (Å²) in [6.45, 7) is 0. The Morgan fingerprint density at radius 1 is 1.08 bits per heavy atom. The molecule has 0 radical (unpaired) electrons. The van der Waals surface area contributed by atoms with E-state index in [1.54, 1.807) is 48.5 Å². The first-order valence-electron chi connectivity index (χ1n) is 7.02. The van der Waals surface area contributed by atoms with Crippen molar-refractivity contribution in [1.29, 1.82) is 0 Å². The van der Waals surface area contributed by atoms with Gasteiger partial charge in [0.05, 0.1) is 0 Å². The standard InChI is InChI=1S/C16H12N6O2/c17-22-21-16(15(23)24)19-13(11-7-3-1-4-8-11)18-14(20-16)12-9-5-2-6-10-12/h1-10H,(H,23,24)(H,18,19,20). The van der Waals surface area contributed by atoms with E-state index in [0.29, 0.717) is 11.1 Å². The van der Waals surface area contributed by atoms with Crippen LogP contribution in [0.2, 0.25) is 0 Å². The fourth-order valence-corrected chi connectivity index (χ4v) is 2.21. The first-order valence-corrected chi connectivity index (χ1v) is 7.02. The summed E-state index contributed by atoms with van der Waals surface area (Å²) in [5, 5.41) is 15.6. The fraction of sp³-hybridized carbons (Fsp3) is 0.0625. The van der Waals surface area contributed by atoms with Crippen molar-refractivity contribution in [3.05, 3.63) is 82.2 Å². The highest BCUT2D eigenvalue weighted by molar-refractivity contribution is 6.15. The summed E-state index contributed by atoms with van der Waals surface area (Å²) in [6, 6.07) is 17.8. The molecule has 1 heterocycles. The van der Waals surface area contributed by atoms with Crippen LogP contribution in [-0.2, 0) is 4.79 Å². The van der Waals surface area contributed by atoms with Crippen LogP contribution in [0.15, 0.2) is 75.8 Å². The van der Waals surface area contributed by atoms with E-state index in [1.165, 1.54) is 0 Å². The fourth-order valence-electron chi connectivity index (χ4n) is 2.21. The normalized spacial score (nSPS) is 19.3. The van der Waals surface area contributed by atoms with Gasteiger partial charge in [0.15, 0.2) is 5.84 Å². The van der Waals surface area contributed by atoms with Crippen LogP contribution in [0.1, 0.15) is 11.1 Å². The van der Waals surface area contributed by atoms with Gasteiger partial charge in [-0.1, -0.05) is 60.7 Å². The summed E-state index contributed by atoms with van der Waals surface area (Å²) in [4.78, 5) is 22.8. The van der Waals surface area contributed by atoms with Crippen LogP contribution in [0.5, 0.6) is 0 Å². The van der Waals surface area contributed by atoms with E-state index in [2.05, 4.69) is 25.3 Å². The highest BCUT2D eigenvalue weighted by Gasteiger charge is 2.42. The Morgan fingerprint density at radius 2 is 1.67 bits per heavy atom. The van der Waals surface area contributed by atoms with Crippen LogP contribution >= 0.6 is 0 Å². The molecule has 8 heteroatoms. The highest BCUT2D eigenvalue weighted by atomic mass is 16.4. The van der Waals surface area contributed by atoms with E-state index in [-0.39, 0.29) is 11.7 Å². The molecule has 1 atom stereocenters. The third-order valence-corrected chi connectivity index (χ3v) is 3.34. The summed E-state index contributed by atoms with van der Waals surface area (Å²) in [6.07, 6.45) is 0. The van der Waals surface area contributed by atoms with E-state index in [1.807, 2.05) is 12.1 Å². The quantitative estimate of drug-likeness (QED) is 0.511. The van der Waals surface area contributed by atoms with Crippen LogP contribution in [0.3, 0.4) is 0 Å². The number of aliphatic imine (C=N–C) groups is 2. The molecular weight excluding hydrogens is 308 g/mol. The van der Waals surface area contributed by atoms with Crippen molar-refractivity contribution in [2.45, 2.75) is 5.79 Å². The number of benzene rings is 2. The van der Waals surface area contributed by atoms with Gasteiger partial charge in [-0.3, -0.25) is 0 Å². The Balaban J connectivity index is 2.19. The predicted molar refractivity (Wildman–Crippen MR) is 88.6 cm³/mol. The van der Waals surface area contributed by atoms with Crippen LogP contribution in [0.25, 0.3) is 10.4 Å². The second-order valence-electron chi connectivity index (χ2n) is 4.92. The minimum absolute atomic E-state index is 0.169. The molecule has 1 aliphatic heterocycles. The van der Waals surface area contributed by atoms with Crippen molar-refractivity contribution in [2.24, 2.45) is 15.1 Å². The van der Waals surface area contributed by atoms with Gasteiger partial charge in [0.2, 0.25) is 0 Å². The molecule has 1 aliphatic rings. The monoisotopic (exact) mass is 320 g/mol. The third kappa shape index (κ3) is 2.81. The largest absolute Gasteiger partial charge is 0.478 e.